The highest BCUT2D eigenvalue weighted by Crippen LogP contribution is 2.24. The van der Waals surface area contributed by atoms with Crippen LogP contribution in [0.2, 0.25) is 0 Å². The van der Waals surface area contributed by atoms with Gasteiger partial charge in [-0.1, -0.05) is 37.5 Å². The maximum absolute atomic E-state index is 12.4. The summed E-state index contributed by atoms with van der Waals surface area (Å²) in [5.74, 6) is -0.100. The van der Waals surface area contributed by atoms with Gasteiger partial charge in [-0.3, -0.25) is 9.69 Å². The van der Waals surface area contributed by atoms with Gasteiger partial charge >= 0.3 is 6.03 Å². The Morgan fingerprint density at radius 1 is 1.15 bits per heavy atom. The molecule has 2 fully saturated rings. The van der Waals surface area contributed by atoms with Crippen molar-refractivity contribution in [1.29, 1.82) is 0 Å². The summed E-state index contributed by atoms with van der Waals surface area (Å²) in [6.07, 6.45) is 8.04. The first-order valence-electron chi connectivity index (χ1n) is 9.77. The number of urea groups is 1. The summed E-state index contributed by atoms with van der Waals surface area (Å²) in [4.78, 5) is 26.6. The minimum atomic E-state index is -0.444. The first-order valence-corrected chi connectivity index (χ1v) is 9.77. The van der Waals surface area contributed by atoms with E-state index in [1.165, 1.54) is 32.1 Å². The molecule has 1 aliphatic heterocycles. The van der Waals surface area contributed by atoms with Crippen molar-refractivity contribution >= 4 is 17.6 Å². The molecule has 3 amide bonds. The van der Waals surface area contributed by atoms with E-state index in [-0.39, 0.29) is 11.9 Å². The molecule has 0 bridgehead atoms. The fourth-order valence-electron chi connectivity index (χ4n) is 3.93. The Hall–Kier alpha value is -2.08. The van der Waals surface area contributed by atoms with Gasteiger partial charge in [-0.15, -0.1) is 0 Å². The average molecular weight is 358 g/mol. The molecule has 3 rings (SSSR count). The van der Waals surface area contributed by atoms with Crippen molar-refractivity contribution in [2.75, 3.05) is 18.9 Å². The quantitative estimate of drug-likeness (QED) is 0.758. The molecule has 0 spiro atoms. The number of nitrogens with one attached hydrogen (secondary N) is 3. The zero-order valence-corrected chi connectivity index (χ0v) is 15.6. The van der Waals surface area contributed by atoms with Gasteiger partial charge in [0.05, 0.1) is 0 Å². The highest BCUT2D eigenvalue weighted by Gasteiger charge is 2.24. The minimum Gasteiger partial charge on any atom is -0.354 e. The summed E-state index contributed by atoms with van der Waals surface area (Å²) in [5, 5.41) is 8.50. The number of nitrogens with zero attached hydrogens (tertiary/aromatic N) is 1. The van der Waals surface area contributed by atoms with Crippen LogP contribution in [0.4, 0.5) is 10.5 Å². The van der Waals surface area contributed by atoms with E-state index in [4.69, 9.17) is 0 Å². The van der Waals surface area contributed by atoms with Gasteiger partial charge in [0.15, 0.2) is 0 Å². The number of carbonyl (C=O) groups excluding carboxylic acids is 2. The molecule has 26 heavy (non-hydrogen) atoms. The van der Waals surface area contributed by atoms with Crippen LogP contribution in [-0.4, -0.2) is 42.5 Å². The maximum Gasteiger partial charge on any atom is 0.319 e. The molecule has 0 unspecified atom stereocenters. The second-order valence-electron chi connectivity index (χ2n) is 7.45. The molecule has 1 aliphatic carbocycles. The second kappa shape index (κ2) is 9.03. The third-order valence-corrected chi connectivity index (χ3v) is 5.47. The van der Waals surface area contributed by atoms with Gasteiger partial charge in [-0.05, 0) is 44.4 Å². The van der Waals surface area contributed by atoms with E-state index < -0.39 is 6.04 Å². The molecule has 2 aliphatic rings. The molecule has 0 radical (unpaired) electrons. The van der Waals surface area contributed by atoms with Crippen LogP contribution in [0.1, 0.15) is 50.5 Å². The molecule has 3 N–H and O–H groups in total. The molecule has 6 nitrogen and oxygen atoms in total. The Morgan fingerprint density at radius 2 is 1.92 bits per heavy atom. The molecule has 1 saturated heterocycles. The third-order valence-electron chi connectivity index (χ3n) is 5.47. The topological polar surface area (TPSA) is 73.5 Å². The summed E-state index contributed by atoms with van der Waals surface area (Å²) in [6, 6.07) is 7.76. The number of rotatable bonds is 5. The lowest BCUT2D eigenvalue weighted by molar-refractivity contribution is -0.124. The van der Waals surface area contributed by atoms with Gasteiger partial charge < -0.3 is 16.0 Å². The van der Waals surface area contributed by atoms with Crippen LogP contribution >= 0.6 is 0 Å². The maximum atomic E-state index is 12.4. The van der Waals surface area contributed by atoms with Crippen molar-refractivity contribution in [2.45, 2.75) is 63.6 Å². The summed E-state index contributed by atoms with van der Waals surface area (Å²) in [5.41, 5.74) is 1.91. The van der Waals surface area contributed by atoms with Crippen molar-refractivity contribution < 1.29 is 9.59 Å². The normalized spacial score (nSPS) is 21.3. The van der Waals surface area contributed by atoms with Gasteiger partial charge in [0.2, 0.25) is 5.91 Å². The first-order chi connectivity index (χ1) is 12.6. The van der Waals surface area contributed by atoms with Crippen molar-refractivity contribution in [3.8, 4) is 0 Å². The van der Waals surface area contributed by atoms with Crippen LogP contribution in [0, 0.1) is 0 Å². The van der Waals surface area contributed by atoms with Crippen LogP contribution in [-0.2, 0) is 11.3 Å². The number of anilines is 1. The number of amides is 3. The SMILES string of the molecule is CN(Cc1ccccc1NC(=O)N[C@@H]1CCCNC1=O)C1CCCCC1. The zero-order valence-electron chi connectivity index (χ0n) is 15.6. The van der Waals surface area contributed by atoms with Crippen molar-refractivity contribution in [3.63, 3.8) is 0 Å². The lowest BCUT2D eigenvalue weighted by atomic mass is 9.94. The summed E-state index contributed by atoms with van der Waals surface area (Å²) in [7, 11) is 2.17. The van der Waals surface area contributed by atoms with Crippen molar-refractivity contribution in [2.24, 2.45) is 0 Å². The van der Waals surface area contributed by atoms with Crippen LogP contribution in [0.25, 0.3) is 0 Å². The fourth-order valence-corrected chi connectivity index (χ4v) is 3.93. The van der Waals surface area contributed by atoms with Crippen LogP contribution in [0.3, 0.4) is 0 Å². The van der Waals surface area contributed by atoms with Crippen molar-refractivity contribution in [1.82, 2.24) is 15.5 Å². The molecule has 1 aromatic rings. The lowest BCUT2D eigenvalue weighted by Crippen LogP contribution is -2.51. The smallest absolute Gasteiger partial charge is 0.319 e. The van der Waals surface area contributed by atoms with E-state index in [1.54, 1.807) is 0 Å². The predicted octanol–water partition coefficient (Wildman–Crippen LogP) is 2.85. The predicted molar refractivity (Wildman–Crippen MR) is 103 cm³/mol. The largest absolute Gasteiger partial charge is 0.354 e. The summed E-state index contributed by atoms with van der Waals surface area (Å²) < 4.78 is 0. The molecular formula is C20H30N4O2. The summed E-state index contributed by atoms with van der Waals surface area (Å²) >= 11 is 0. The van der Waals surface area contributed by atoms with Gasteiger partial charge in [0, 0.05) is 24.8 Å². The molecular weight excluding hydrogens is 328 g/mol. The average Bonchev–Trinajstić information content (AvgIpc) is 2.66. The van der Waals surface area contributed by atoms with Gasteiger partial charge in [0.1, 0.15) is 6.04 Å². The van der Waals surface area contributed by atoms with E-state index in [9.17, 15) is 9.59 Å². The number of hydrogen-bond acceptors (Lipinski definition) is 3. The van der Waals surface area contributed by atoms with Crippen LogP contribution < -0.4 is 16.0 Å². The van der Waals surface area contributed by atoms with E-state index in [1.807, 2.05) is 18.2 Å². The Bertz CT molecular complexity index is 628. The number of hydrogen-bond donors (Lipinski definition) is 3. The molecule has 0 aromatic heterocycles. The zero-order chi connectivity index (χ0) is 18.4. The number of carbonyl (C=O) groups is 2. The molecule has 1 saturated carbocycles. The Labute approximate surface area is 155 Å². The monoisotopic (exact) mass is 358 g/mol. The van der Waals surface area contributed by atoms with Crippen LogP contribution in [0.15, 0.2) is 24.3 Å². The first kappa shape index (κ1) is 18.7. The van der Waals surface area contributed by atoms with E-state index >= 15 is 0 Å². The van der Waals surface area contributed by atoms with Gasteiger partial charge in [-0.2, -0.15) is 0 Å². The minimum absolute atomic E-state index is 0.100. The fraction of sp³-hybridized carbons (Fsp3) is 0.600. The van der Waals surface area contributed by atoms with E-state index in [0.29, 0.717) is 19.0 Å². The third kappa shape index (κ3) is 4.97. The molecule has 142 valence electrons. The second-order valence-corrected chi connectivity index (χ2v) is 7.45. The standard InChI is InChI=1S/C20H30N4O2/c1-24(16-9-3-2-4-10-16)14-15-8-5-6-11-17(15)22-20(26)23-18-12-7-13-21-19(18)25/h5-6,8,11,16,18H,2-4,7,9-10,12-14H2,1H3,(H,21,25)(H2,22,23,26)/t18-/m1/s1. The highest BCUT2D eigenvalue weighted by atomic mass is 16.2. The van der Waals surface area contributed by atoms with Crippen LogP contribution in [0.5, 0.6) is 0 Å². The number of piperidine rings is 1. The Balaban J connectivity index is 1.59. The molecule has 6 heteroatoms. The molecule has 1 heterocycles. The van der Waals surface area contributed by atoms with Gasteiger partial charge in [-0.25, -0.2) is 4.79 Å². The molecule has 1 aromatic carbocycles. The lowest BCUT2D eigenvalue weighted by Gasteiger charge is -2.31. The molecule has 1 atom stereocenters. The van der Waals surface area contributed by atoms with Gasteiger partial charge in [0.25, 0.3) is 0 Å². The number of para-hydroxylation sites is 1. The Morgan fingerprint density at radius 3 is 2.69 bits per heavy atom. The van der Waals surface area contributed by atoms with E-state index in [0.717, 1.165) is 24.2 Å². The van der Waals surface area contributed by atoms with E-state index in [2.05, 4.69) is 34.0 Å². The highest BCUT2D eigenvalue weighted by molar-refractivity contribution is 5.94. The Kier molecular flexibility index (Phi) is 6.50. The summed E-state index contributed by atoms with van der Waals surface area (Å²) in [6.45, 7) is 1.50. The van der Waals surface area contributed by atoms with Crippen molar-refractivity contribution in [3.05, 3.63) is 29.8 Å². The number of benzene rings is 1.